The molecule has 0 aliphatic carbocycles. The highest BCUT2D eigenvalue weighted by Crippen LogP contribution is 1.84. The van der Waals surface area contributed by atoms with E-state index >= 15 is 0 Å². The van der Waals surface area contributed by atoms with E-state index in [1.54, 1.807) is 6.92 Å². The van der Waals surface area contributed by atoms with Crippen LogP contribution in [0.5, 0.6) is 0 Å². The van der Waals surface area contributed by atoms with Gasteiger partial charge in [-0.05, 0) is 6.92 Å². The molecule has 0 aromatic rings. The zero-order valence-electron chi connectivity index (χ0n) is 5.33. The molecule has 4 heteroatoms. The first-order chi connectivity index (χ1) is 4.22. The third kappa shape index (κ3) is 2.71. The molecule has 0 atom stereocenters. The summed E-state index contributed by atoms with van der Waals surface area (Å²) < 4.78 is 4.49. The van der Waals surface area contributed by atoms with Crippen molar-refractivity contribution in [2.24, 2.45) is 5.84 Å². The second-order valence-corrected chi connectivity index (χ2v) is 1.29. The van der Waals surface area contributed by atoms with Crippen LogP contribution in [0.25, 0.3) is 0 Å². The Labute approximate surface area is 53.9 Å². The summed E-state index contributed by atoms with van der Waals surface area (Å²) >= 11 is 0. The van der Waals surface area contributed by atoms with Gasteiger partial charge in [0.25, 0.3) is 0 Å². The topological polar surface area (TPSA) is 55.6 Å². The number of carbonyl (C=O) groups excluding carboxylic acids is 1. The van der Waals surface area contributed by atoms with Gasteiger partial charge in [-0.25, -0.2) is 15.6 Å². The summed E-state index contributed by atoms with van der Waals surface area (Å²) in [6.07, 6.45) is 0.588. The molecule has 0 aromatic heterocycles. The van der Waals surface area contributed by atoms with E-state index in [9.17, 15) is 4.79 Å². The Kier molecular flexibility index (Phi) is 3.46. The Morgan fingerprint density at radius 2 is 2.56 bits per heavy atom. The molecule has 0 rings (SSSR count). The van der Waals surface area contributed by atoms with Gasteiger partial charge in [0.05, 0.1) is 6.61 Å². The molecule has 0 aliphatic heterocycles. The molecule has 0 unspecified atom stereocenters. The number of amides is 1. The highest BCUT2D eigenvalue weighted by atomic mass is 16.6. The van der Waals surface area contributed by atoms with E-state index in [0.29, 0.717) is 6.61 Å². The molecule has 0 fully saturated rings. The van der Waals surface area contributed by atoms with Crippen LogP contribution in [-0.2, 0) is 4.74 Å². The van der Waals surface area contributed by atoms with E-state index in [0.717, 1.165) is 5.01 Å². The molecule has 4 nitrogen and oxygen atoms in total. The van der Waals surface area contributed by atoms with Crippen LogP contribution in [0.1, 0.15) is 6.92 Å². The van der Waals surface area contributed by atoms with E-state index in [1.165, 1.54) is 6.20 Å². The zero-order valence-corrected chi connectivity index (χ0v) is 5.33. The quantitative estimate of drug-likeness (QED) is 0.335. The summed E-state index contributed by atoms with van der Waals surface area (Å²) in [6, 6.07) is 0. The minimum atomic E-state index is -0.590. The summed E-state index contributed by atoms with van der Waals surface area (Å²) in [4.78, 5) is 10.5. The summed E-state index contributed by atoms with van der Waals surface area (Å²) in [5.74, 6) is 5.04. The number of nitrogens with zero attached hydrogens (tertiary/aromatic N) is 1. The summed E-state index contributed by atoms with van der Waals surface area (Å²) in [6.45, 7) is 5.29. The summed E-state index contributed by atoms with van der Waals surface area (Å²) in [7, 11) is 0. The molecular weight excluding hydrogens is 120 g/mol. The number of nitrogens with two attached hydrogens (primary N) is 1. The molecule has 0 saturated heterocycles. The molecule has 52 valence electrons. The molecule has 0 bridgehead atoms. The van der Waals surface area contributed by atoms with Crippen LogP contribution in [0.4, 0.5) is 4.79 Å². The van der Waals surface area contributed by atoms with Crippen molar-refractivity contribution in [3.05, 3.63) is 12.8 Å². The zero-order chi connectivity index (χ0) is 7.28. The van der Waals surface area contributed by atoms with Gasteiger partial charge < -0.3 is 4.74 Å². The number of rotatable bonds is 2. The van der Waals surface area contributed by atoms with Gasteiger partial charge in [-0.15, -0.1) is 0 Å². The molecule has 2 N–H and O–H groups in total. The van der Waals surface area contributed by atoms with Crippen LogP contribution in [0.15, 0.2) is 12.8 Å². The Hall–Kier alpha value is -1.03. The maximum Gasteiger partial charge on any atom is 0.428 e. The fraction of sp³-hybridized carbons (Fsp3) is 0.400. The van der Waals surface area contributed by atoms with Crippen LogP contribution in [0.2, 0.25) is 0 Å². The molecule has 0 radical (unpaired) electrons. The van der Waals surface area contributed by atoms with Gasteiger partial charge in [-0.3, -0.25) is 0 Å². The third-order valence-electron chi connectivity index (χ3n) is 0.675. The Balaban J connectivity index is 3.58. The van der Waals surface area contributed by atoms with Crippen molar-refractivity contribution < 1.29 is 9.53 Å². The van der Waals surface area contributed by atoms with Crippen LogP contribution in [-0.4, -0.2) is 17.7 Å². The molecule has 0 heterocycles. The smallest absolute Gasteiger partial charge is 0.428 e. The van der Waals surface area contributed by atoms with Gasteiger partial charge in [0, 0.05) is 6.20 Å². The Morgan fingerprint density at radius 3 is 2.89 bits per heavy atom. The fourth-order valence-electron chi connectivity index (χ4n) is 0.273. The molecule has 0 spiro atoms. The summed E-state index contributed by atoms with van der Waals surface area (Å²) in [5.41, 5.74) is 0. The first kappa shape index (κ1) is 7.97. The van der Waals surface area contributed by atoms with Crippen molar-refractivity contribution >= 4 is 6.09 Å². The molecule has 0 saturated carbocycles. The van der Waals surface area contributed by atoms with Crippen molar-refractivity contribution in [2.75, 3.05) is 6.61 Å². The molecular formula is C5H10N2O2. The van der Waals surface area contributed by atoms with E-state index in [2.05, 4.69) is 11.3 Å². The van der Waals surface area contributed by atoms with E-state index in [-0.39, 0.29) is 0 Å². The maximum absolute atomic E-state index is 10.5. The standard InChI is InChI=1S/C5H10N2O2/c1-3-7(6)5(8)9-4-2/h3H,1,4,6H2,2H3. The SMILES string of the molecule is C=CN(N)C(=O)OCC. The van der Waals surface area contributed by atoms with E-state index in [1.807, 2.05) is 0 Å². The monoisotopic (exact) mass is 130 g/mol. The minimum absolute atomic E-state index is 0.320. The van der Waals surface area contributed by atoms with Crippen LogP contribution in [0, 0.1) is 0 Å². The molecule has 9 heavy (non-hydrogen) atoms. The van der Waals surface area contributed by atoms with Crippen LogP contribution < -0.4 is 5.84 Å². The lowest BCUT2D eigenvalue weighted by molar-refractivity contribution is 0.122. The number of carbonyl (C=O) groups is 1. The van der Waals surface area contributed by atoms with Gasteiger partial charge in [-0.1, -0.05) is 6.58 Å². The van der Waals surface area contributed by atoms with Crippen molar-refractivity contribution in [3.63, 3.8) is 0 Å². The first-order valence-corrected chi connectivity index (χ1v) is 2.55. The lowest BCUT2D eigenvalue weighted by Crippen LogP contribution is -2.32. The second-order valence-electron chi connectivity index (χ2n) is 1.29. The fourth-order valence-corrected chi connectivity index (χ4v) is 0.273. The van der Waals surface area contributed by atoms with Crippen LogP contribution in [0.3, 0.4) is 0 Å². The third-order valence-corrected chi connectivity index (χ3v) is 0.675. The average molecular weight is 130 g/mol. The minimum Gasteiger partial charge on any atom is -0.449 e. The highest BCUT2D eigenvalue weighted by molar-refractivity contribution is 5.67. The van der Waals surface area contributed by atoms with Crippen molar-refractivity contribution in [3.8, 4) is 0 Å². The predicted molar refractivity (Wildman–Crippen MR) is 33.2 cm³/mol. The first-order valence-electron chi connectivity index (χ1n) is 2.55. The average Bonchev–Trinajstić information content (AvgIpc) is 1.87. The van der Waals surface area contributed by atoms with E-state index in [4.69, 9.17) is 5.84 Å². The maximum atomic E-state index is 10.5. The van der Waals surface area contributed by atoms with Gasteiger partial charge in [0.1, 0.15) is 0 Å². The van der Waals surface area contributed by atoms with Crippen molar-refractivity contribution in [2.45, 2.75) is 6.92 Å². The van der Waals surface area contributed by atoms with Crippen molar-refractivity contribution in [1.29, 1.82) is 0 Å². The number of hydrogen-bond donors (Lipinski definition) is 1. The van der Waals surface area contributed by atoms with Crippen LogP contribution >= 0.6 is 0 Å². The number of ether oxygens (including phenoxy) is 1. The van der Waals surface area contributed by atoms with Gasteiger partial charge in [0.15, 0.2) is 0 Å². The lowest BCUT2D eigenvalue weighted by atomic mass is 10.8. The highest BCUT2D eigenvalue weighted by Gasteiger charge is 2.03. The van der Waals surface area contributed by atoms with E-state index < -0.39 is 6.09 Å². The van der Waals surface area contributed by atoms with Gasteiger partial charge in [-0.2, -0.15) is 0 Å². The van der Waals surface area contributed by atoms with Crippen molar-refractivity contribution in [1.82, 2.24) is 5.01 Å². The normalized spacial score (nSPS) is 8.22. The Bertz CT molecular complexity index is 114. The number of hydrazine groups is 1. The largest absolute Gasteiger partial charge is 0.449 e. The lowest BCUT2D eigenvalue weighted by Gasteiger charge is -2.08. The van der Waals surface area contributed by atoms with Gasteiger partial charge in [0.2, 0.25) is 0 Å². The molecule has 0 aromatic carbocycles. The Morgan fingerprint density at radius 1 is 2.00 bits per heavy atom. The summed E-state index contributed by atoms with van der Waals surface area (Å²) in [5, 5.41) is 0.781. The second kappa shape index (κ2) is 3.91. The van der Waals surface area contributed by atoms with Gasteiger partial charge >= 0.3 is 6.09 Å². The number of hydrogen-bond acceptors (Lipinski definition) is 3. The predicted octanol–water partition coefficient (Wildman–Crippen LogP) is 0.462. The molecule has 0 aliphatic rings. The molecule has 1 amide bonds.